The average Bonchev–Trinajstić information content (AvgIpc) is 0.784. The van der Waals surface area contributed by atoms with Gasteiger partial charge < -0.3 is 74.0 Å². The number of amides is 2. The third-order valence-electron chi connectivity index (χ3n) is 23.9. The molecule has 2 rings (SSSR count). The van der Waals surface area contributed by atoms with Gasteiger partial charge in [-0.25, -0.2) is 4.57 Å². The molecular weight excluding hydrogens is 1540 g/mol. The molecule has 0 aromatic rings. The second-order valence-corrected chi connectivity index (χ2v) is 36.5. The smallest absolute Gasteiger partial charge is 0.462 e. The molecule has 0 aliphatic carbocycles. The summed E-state index contributed by atoms with van der Waals surface area (Å²) < 4.78 is 62.7. The monoisotopic (exact) mass is 1720 g/mol. The number of hydrogen-bond acceptors (Lipinski definition) is 19. The van der Waals surface area contributed by atoms with Gasteiger partial charge in [-0.15, -0.1) is 0 Å². The molecule has 0 bridgehead atoms. The van der Waals surface area contributed by atoms with Crippen LogP contribution in [0.25, 0.3) is 0 Å². The predicted molar refractivity (Wildman–Crippen MR) is 473 cm³/mol. The summed E-state index contributed by atoms with van der Waals surface area (Å²) in [5.74, 6) is -4.17. The normalized spacial score (nSPS) is 20.5. The van der Waals surface area contributed by atoms with Crippen LogP contribution in [-0.2, 0) is 71.0 Å². The molecule has 0 aromatic heterocycles. The van der Waals surface area contributed by atoms with Crippen molar-refractivity contribution in [3.8, 4) is 0 Å². The lowest BCUT2D eigenvalue weighted by Gasteiger charge is -2.47. The Morgan fingerprint density at radius 1 is 0.361 bits per heavy atom. The molecule has 8 N–H and O–H groups in total. The van der Waals surface area contributed by atoms with Gasteiger partial charge in [-0.3, -0.25) is 33.3 Å². The second kappa shape index (κ2) is 74.9. The fraction of sp³-hybridized carbons (Fsp3) is 0.937. The van der Waals surface area contributed by atoms with Gasteiger partial charge in [0.25, 0.3) is 0 Å². The van der Waals surface area contributed by atoms with Crippen LogP contribution in [0.1, 0.15) is 472 Å². The number of aliphatic hydroxyl groups excluding tert-OH is 4. The van der Waals surface area contributed by atoms with Crippen molar-refractivity contribution in [2.45, 2.75) is 558 Å². The van der Waals surface area contributed by atoms with E-state index in [1.165, 1.54) is 141 Å². The summed E-state index contributed by atoms with van der Waals surface area (Å²) in [7, 11) is -5.59. The van der Waals surface area contributed by atoms with Crippen molar-refractivity contribution in [1.82, 2.24) is 10.6 Å². The van der Waals surface area contributed by atoms with E-state index in [9.17, 15) is 58.8 Å². The van der Waals surface area contributed by atoms with E-state index < -0.39 is 162 Å². The molecule has 0 radical (unpaired) electrons. The zero-order chi connectivity index (χ0) is 87.2. The van der Waals surface area contributed by atoms with Gasteiger partial charge in [0.15, 0.2) is 18.5 Å². The molecule has 2 aliphatic heterocycles. The lowest BCUT2D eigenvalue weighted by atomic mass is 9.92. The number of esters is 4. The van der Waals surface area contributed by atoms with E-state index in [1.807, 2.05) is 0 Å². The van der Waals surface area contributed by atoms with E-state index in [2.05, 4.69) is 52.2 Å². The Labute approximate surface area is 722 Å². The van der Waals surface area contributed by atoms with Gasteiger partial charge in [0.2, 0.25) is 11.8 Å². The molecule has 2 fully saturated rings. The lowest BCUT2D eigenvalue weighted by Crippen LogP contribution is -2.67. The summed E-state index contributed by atoms with van der Waals surface area (Å²) in [5, 5.41) is 51.8. The Hall–Kier alpha value is -3.35. The van der Waals surface area contributed by atoms with Gasteiger partial charge in [0.1, 0.15) is 42.7 Å². The summed E-state index contributed by atoms with van der Waals surface area (Å²) in [6.07, 6.45) is 41.5. The molecule has 5 unspecified atom stereocenters. The highest BCUT2D eigenvalue weighted by Gasteiger charge is 2.54. The standard InChI is InChI=1S/C95H179N2O21P/c1-8-14-20-26-32-38-39-45-51-57-63-69-86(104)114-80(67-61-55-49-43-36-30-24-18-12-5)73-88(106)117-94-90(97-84(102)72-79(66-60-54-48-42-35-29-23-17-11-4)113-85(103)68-62-56-50-44-37-31-25-19-13-6)95(115-81(74-98)92(94)118-119(108,109)110)111-75-82-91(107)93(116-87(105)71-78(100)65-59-53-47-41-34-28-22-16-10-3)89(76(7)112-82)96-83(101)70-77(99)64-58-52-46-40-33-27-21-15-9-2/h76-82,89-95,98-100,107H,8-75H2,1-7H3,(H,96,101)(H,97,102)(H2,108,109,110)/t76?,77-,78-,79-,80-,81?,82?,89?,90?,91-,92-,93-,94-,95-/m1/s1. The number of unbranched alkanes of at least 4 members (excludes halogenated alkanes) is 50. The summed E-state index contributed by atoms with van der Waals surface area (Å²) in [6, 6.07) is -2.96. The van der Waals surface area contributed by atoms with E-state index in [0.717, 1.165) is 180 Å². The zero-order valence-corrected chi connectivity index (χ0v) is 77.3. The fourth-order valence-corrected chi connectivity index (χ4v) is 17.2. The molecule has 700 valence electrons. The molecule has 14 atom stereocenters. The van der Waals surface area contributed by atoms with Crippen LogP contribution in [-0.4, -0.2) is 165 Å². The molecule has 0 aromatic carbocycles. The van der Waals surface area contributed by atoms with Gasteiger partial charge in [0.05, 0.1) is 63.3 Å². The first-order valence-corrected chi connectivity index (χ1v) is 50.8. The molecule has 2 heterocycles. The van der Waals surface area contributed by atoms with Crippen molar-refractivity contribution in [1.29, 1.82) is 0 Å². The Morgan fingerprint density at radius 2 is 0.672 bits per heavy atom. The van der Waals surface area contributed by atoms with Crippen LogP contribution in [0.3, 0.4) is 0 Å². The third kappa shape index (κ3) is 59.3. The van der Waals surface area contributed by atoms with Crippen molar-refractivity contribution >= 4 is 43.5 Å². The van der Waals surface area contributed by atoms with Gasteiger partial charge in [-0.2, -0.15) is 0 Å². The third-order valence-corrected chi connectivity index (χ3v) is 24.4. The van der Waals surface area contributed by atoms with Gasteiger partial charge >= 0.3 is 31.7 Å². The summed E-state index contributed by atoms with van der Waals surface area (Å²) in [5.41, 5.74) is 0. The first-order valence-electron chi connectivity index (χ1n) is 49.3. The first-order chi connectivity index (χ1) is 57.6. The van der Waals surface area contributed by atoms with Crippen LogP contribution in [0.4, 0.5) is 0 Å². The summed E-state index contributed by atoms with van der Waals surface area (Å²) in [4.78, 5) is 107. The molecule has 0 saturated carbocycles. The number of phosphoric acid groups is 1. The highest BCUT2D eigenvalue weighted by molar-refractivity contribution is 7.46. The minimum Gasteiger partial charge on any atom is -0.462 e. The topological polar surface area (TPSA) is 339 Å². The number of ether oxygens (including phenoxy) is 7. The highest BCUT2D eigenvalue weighted by Crippen LogP contribution is 2.43. The molecule has 0 spiro atoms. The number of aliphatic hydroxyl groups is 4. The fourth-order valence-electron chi connectivity index (χ4n) is 16.6. The second-order valence-electron chi connectivity index (χ2n) is 35.3. The Kier molecular flexibility index (Phi) is 70.3. The minimum atomic E-state index is -5.59. The predicted octanol–water partition coefficient (Wildman–Crippen LogP) is 21.6. The maximum atomic E-state index is 15.1. The Morgan fingerprint density at radius 3 is 1.04 bits per heavy atom. The molecule has 2 amide bonds. The van der Waals surface area contributed by atoms with Gasteiger partial charge in [-0.05, 0) is 58.3 Å². The summed E-state index contributed by atoms with van der Waals surface area (Å²) >= 11 is 0. The first kappa shape index (κ1) is 112. The van der Waals surface area contributed by atoms with Crippen molar-refractivity contribution in [2.24, 2.45) is 0 Å². The van der Waals surface area contributed by atoms with Crippen molar-refractivity contribution in [3.63, 3.8) is 0 Å². The average molecular weight is 1720 g/mol. The van der Waals surface area contributed by atoms with Crippen molar-refractivity contribution < 1.29 is 101 Å². The van der Waals surface area contributed by atoms with E-state index in [-0.39, 0.29) is 19.3 Å². The number of rotatable bonds is 82. The molecular formula is C95H179N2O21P. The quantitative estimate of drug-likeness (QED) is 0.0121. The van der Waals surface area contributed by atoms with E-state index in [0.29, 0.717) is 64.2 Å². The molecule has 2 saturated heterocycles. The molecule has 24 heteroatoms. The number of nitrogens with one attached hydrogen (secondary N) is 2. The molecule has 2 aliphatic rings. The van der Waals surface area contributed by atoms with Crippen molar-refractivity contribution in [2.75, 3.05) is 13.2 Å². The van der Waals surface area contributed by atoms with E-state index in [1.54, 1.807) is 6.92 Å². The largest absolute Gasteiger partial charge is 0.470 e. The zero-order valence-electron chi connectivity index (χ0n) is 76.4. The minimum absolute atomic E-state index is 0.126. The van der Waals surface area contributed by atoms with Crippen LogP contribution in [0.15, 0.2) is 0 Å². The maximum Gasteiger partial charge on any atom is 0.470 e. The molecule has 119 heavy (non-hydrogen) atoms. The number of phosphoric ester groups is 1. The Balaban J connectivity index is 2.73. The van der Waals surface area contributed by atoms with Crippen LogP contribution in [0, 0.1) is 0 Å². The lowest BCUT2D eigenvalue weighted by molar-refractivity contribution is -0.285. The van der Waals surface area contributed by atoms with Crippen molar-refractivity contribution in [3.05, 3.63) is 0 Å². The number of carbonyl (C=O) groups excluding carboxylic acids is 6. The SMILES string of the molecule is CCCCCCCCCCCCCC(=O)O[C@H](CCCCCCCCCCC)CC(=O)O[C@@H]1C(NC(=O)C[C@@H](CCCCCCCCCCC)OC(=O)CCCCCCCCCCC)[C@H](OCC2OC(C)C(NC(=O)C[C@H](O)CCCCCCCCCCC)[C@@H](OC(=O)C[C@H](O)CCCCCCCCCCC)[C@@H]2O)OC(CO)[C@H]1OP(=O)(O)O. The van der Waals surface area contributed by atoms with Crippen LogP contribution < -0.4 is 10.6 Å². The van der Waals surface area contributed by atoms with E-state index >= 15 is 4.79 Å². The highest BCUT2D eigenvalue weighted by atomic mass is 31.2. The molecule has 23 nitrogen and oxygen atoms in total. The maximum absolute atomic E-state index is 15.1. The number of hydrogen-bond donors (Lipinski definition) is 8. The van der Waals surface area contributed by atoms with Gasteiger partial charge in [-0.1, -0.05) is 375 Å². The number of carbonyl (C=O) groups is 6. The van der Waals surface area contributed by atoms with Crippen LogP contribution >= 0.6 is 7.82 Å². The Bertz CT molecular complexity index is 2510. The van der Waals surface area contributed by atoms with Crippen LogP contribution in [0.5, 0.6) is 0 Å². The van der Waals surface area contributed by atoms with E-state index in [4.69, 9.17) is 37.7 Å². The van der Waals surface area contributed by atoms with Gasteiger partial charge in [0, 0.05) is 12.8 Å². The summed E-state index contributed by atoms with van der Waals surface area (Å²) in [6.45, 7) is 13.1. The van der Waals surface area contributed by atoms with Crippen LogP contribution in [0.2, 0.25) is 0 Å².